The molecule has 0 aliphatic carbocycles. The second-order valence-electron chi connectivity index (χ2n) is 3.33. The smallest absolute Gasteiger partial charge is 0.100 e. The van der Waals surface area contributed by atoms with Gasteiger partial charge in [0.15, 0.2) is 0 Å². The molecule has 1 N–H and O–H groups in total. The summed E-state index contributed by atoms with van der Waals surface area (Å²) in [5.74, 6) is 0. The van der Waals surface area contributed by atoms with Crippen molar-refractivity contribution in [2.45, 2.75) is 6.92 Å². The average molecular weight is 188 g/mol. The largest absolute Gasteiger partial charge is 0.411 e. The van der Waals surface area contributed by atoms with Crippen LogP contribution in [0.2, 0.25) is 0 Å². The monoisotopic (exact) mass is 188 g/mol. The van der Waals surface area contributed by atoms with Crippen molar-refractivity contribution >= 4 is 16.6 Å². The summed E-state index contributed by atoms with van der Waals surface area (Å²) in [6.45, 7) is 1.79. The zero-order valence-corrected chi connectivity index (χ0v) is 8.23. The molecule has 0 unspecified atom stereocenters. The average Bonchev–Trinajstić information content (AvgIpc) is 2.56. The molecule has 0 spiro atoms. The van der Waals surface area contributed by atoms with Crippen LogP contribution < -0.4 is 0 Å². The predicted octanol–water partition coefficient (Wildman–Crippen LogP) is 2.38. The van der Waals surface area contributed by atoms with E-state index >= 15 is 0 Å². The summed E-state index contributed by atoms with van der Waals surface area (Å²) < 4.78 is 2.02. The lowest BCUT2D eigenvalue weighted by Gasteiger charge is -2.01. The highest BCUT2D eigenvalue weighted by Crippen LogP contribution is 2.18. The Morgan fingerprint density at radius 2 is 2.07 bits per heavy atom. The first-order valence-corrected chi connectivity index (χ1v) is 4.47. The third kappa shape index (κ3) is 1.18. The Labute approximate surface area is 82.3 Å². The van der Waals surface area contributed by atoms with Crippen LogP contribution in [-0.2, 0) is 7.05 Å². The minimum Gasteiger partial charge on any atom is -0.411 e. The number of rotatable bonds is 1. The Morgan fingerprint density at radius 1 is 1.36 bits per heavy atom. The highest BCUT2D eigenvalue weighted by atomic mass is 16.4. The van der Waals surface area contributed by atoms with Gasteiger partial charge in [-0.05, 0) is 19.1 Å². The molecule has 2 rings (SSSR count). The third-order valence-electron chi connectivity index (χ3n) is 2.47. The second kappa shape index (κ2) is 3.18. The number of oxime groups is 1. The lowest BCUT2D eigenvalue weighted by atomic mass is 10.2. The summed E-state index contributed by atoms with van der Waals surface area (Å²) in [7, 11) is 1.96. The number of fused-ring (bicyclic) bond motifs is 1. The molecule has 72 valence electrons. The van der Waals surface area contributed by atoms with Gasteiger partial charge in [-0.3, -0.25) is 0 Å². The Kier molecular flexibility index (Phi) is 2.00. The summed E-state index contributed by atoms with van der Waals surface area (Å²) in [4.78, 5) is 0. The number of hydrogen-bond donors (Lipinski definition) is 1. The van der Waals surface area contributed by atoms with E-state index in [0.29, 0.717) is 5.71 Å². The molecule has 0 bridgehead atoms. The summed E-state index contributed by atoms with van der Waals surface area (Å²) in [5, 5.41) is 13.1. The zero-order chi connectivity index (χ0) is 10.1. The number of aromatic nitrogens is 1. The minimum absolute atomic E-state index is 0.628. The fourth-order valence-electron chi connectivity index (χ4n) is 1.69. The molecule has 1 aromatic heterocycles. The summed E-state index contributed by atoms with van der Waals surface area (Å²) in [6, 6.07) is 10.1. The van der Waals surface area contributed by atoms with Crippen molar-refractivity contribution in [3.63, 3.8) is 0 Å². The first-order chi connectivity index (χ1) is 6.74. The van der Waals surface area contributed by atoms with Crippen molar-refractivity contribution < 1.29 is 5.21 Å². The zero-order valence-electron chi connectivity index (χ0n) is 8.23. The van der Waals surface area contributed by atoms with Gasteiger partial charge in [0.2, 0.25) is 0 Å². The highest BCUT2D eigenvalue weighted by molar-refractivity contribution is 6.01. The maximum atomic E-state index is 8.71. The molecule has 14 heavy (non-hydrogen) atoms. The van der Waals surface area contributed by atoms with Crippen LogP contribution in [0.4, 0.5) is 0 Å². The number of hydrogen-bond acceptors (Lipinski definition) is 2. The van der Waals surface area contributed by atoms with Gasteiger partial charge in [-0.25, -0.2) is 0 Å². The summed E-state index contributed by atoms with van der Waals surface area (Å²) >= 11 is 0. The molecule has 1 aromatic carbocycles. The lowest BCUT2D eigenvalue weighted by Crippen LogP contribution is -2.02. The molecular weight excluding hydrogens is 176 g/mol. The Bertz CT molecular complexity index is 497. The van der Waals surface area contributed by atoms with E-state index in [-0.39, 0.29) is 0 Å². The van der Waals surface area contributed by atoms with Crippen LogP contribution in [-0.4, -0.2) is 15.5 Å². The van der Waals surface area contributed by atoms with Crippen molar-refractivity contribution in [2.24, 2.45) is 12.2 Å². The van der Waals surface area contributed by atoms with Crippen molar-refractivity contribution in [1.29, 1.82) is 0 Å². The van der Waals surface area contributed by atoms with Gasteiger partial charge in [0.1, 0.15) is 5.71 Å². The molecule has 0 aliphatic rings. The van der Waals surface area contributed by atoms with E-state index < -0.39 is 0 Å². The lowest BCUT2D eigenvalue weighted by molar-refractivity contribution is 0.319. The SMILES string of the molecule is C/C(=N\O)c1cc2ccccc2n1C. The quantitative estimate of drug-likeness (QED) is 0.416. The molecule has 1 heterocycles. The minimum atomic E-state index is 0.628. The molecule has 0 fully saturated rings. The highest BCUT2D eigenvalue weighted by Gasteiger charge is 2.07. The first kappa shape index (κ1) is 8.81. The molecule has 0 radical (unpaired) electrons. The van der Waals surface area contributed by atoms with E-state index in [1.165, 1.54) is 0 Å². The number of para-hydroxylation sites is 1. The molecule has 0 aliphatic heterocycles. The molecule has 0 saturated heterocycles. The maximum absolute atomic E-state index is 8.71. The topological polar surface area (TPSA) is 37.5 Å². The van der Waals surface area contributed by atoms with Crippen LogP contribution in [0.25, 0.3) is 10.9 Å². The number of nitrogens with zero attached hydrogens (tertiary/aromatic N) is 2. The predicted molar refractivity (Wildman–Crippen MR) is 56.9 cm³/mol. The molecule has 3 nitrogen and oxygen atoms in total. The van der Waals surface area contributed by atoms with Crippen molar-refractivity contribution in [2.75, 3.05) is 0 Å². The molecule has 0 saturated carbocycles. The molecule has 0 atom stereocenters. The van der Waals surface area contributed by atoms with Crippen LogP contribution in [0.1, 0.15) is 12.6 Å². The van der Waals surface area contributed by atoms with Crippen molar-refractivity contribution in [3.05, 3.63) is 36.0 Å². The van der Waals surface area contributed by atoms with Gasteiger partial charge in [0.25, 0.3) is 0 Å². The fraction of sp³-hybridized carbons (Fsp3) is 0.182. The van der Waals surface area contributed by atoms with Gasteiger partial charge in [-0.15, -0.1) is 0 Å². The van der Waals surface area contributed by atoms with Crippen molar-refractivity contribution in [1.82, 2.24) is 4.57 Å². The van der Waals surface area contributed by atoms with Crippen LogP contribution in [0, 0.1) is 0 Å². The molecule has 2 aromatic rings. The van der Waals surface area contributed by atoms with Gasteiger partial charge in [-0.1, -0.05) is 23.4 Å². The molecule has 0 amide bonds. The van der Waals surface area contributed by atoms with E-state index in [2.05, 4.69) is 5.16 Å². The molecule has 3 heteroatoms. The van der Waals surface area contributed by atoms with E-state index in [4.69, 9.17) is 5.21 Å². The second-order valence-corrected chi connectivity index (χ2v) is 3.33. The van der Waals surface area contributed by atoms with Crippen molar-refractivity contribution in [3.8, 4) is 0 Å². The van der Waals surface area contributed by atoms with Gasteiger partial charge >= 0.3 is 0 Å². The van der Waals surface area contributed by atoms with E-state index in [1.54, 1.807) is 6.92 Å². The van der Waals surface area contributed by atoms with E-state index in [1.807, 2.05) is 41.9 Å². The van der Waals surface area contributed by atoms with Gasteiger partial charge in [-0.2, -0.15) is 0 Å². The Hall–Kier alpha value is -1.77. The third-order valence-corrected chi connectivity index (χ3v) is 2.47. The summed E-state index contributed by atoms with van der Waals surface area (Å²) in [5.41, 5.74) is 2.71. The van der Waals surface area contributed by atoms with Crippen LogP contribution in [0.3, 0.4) is 0 Å². The van der Waals surface area contributed by atoms with E-state index in [9.17, 15) is 0 Å². The number of aryl methyl sites for hydroxylation is 1. The van der Waals surface area contributed by atoms with Gasteiger partial charge in [0.05, 0.1) is 5.69 Å². The van der Waals surface area contributed by atoms with Gasteiger partial charge < -0.3 is 9.77 Å². The van der Waals surface area contributed by atoms with Crippen LogP contribution >= 0.6 is 0 Å². The van der Waals surface area contributed by atoms with E-state index in [0.717, 1.165) is 16.6 Å². The van der Waals surface area contributed by atoms with Gasteiger partial charge in [0, 0.05) is 18.0 Å². The number of benzene rings is 1. The Balaban J connectivity index is 2.75. The first-order valence-electron chi connectivity index (χ1n) is 4.47. The van der Waals surface area contributed by atoms with Crippen LogP contribution in [0.5, 0.6) is 0 Å². The van der Waals surface area contributed by atoms with Crippen LogP contribution in [0.15, 0.2) is 35.5 Å². The Morgan fingerprint density at radius 3 is 2.71 bits per heavy atom. The maximum Gasteiger partial charge on any atom is 0.100 e. The molecular formula is C11H12N2O. The fourth-order valence-corrected chi connectivity index (χ4v) is 1.69. The standard InChI is InChI=1S/C11H12N2O/c1-8(12-14)11-7-9-5-3-4-6-10(9)13(11)2/h3-7,14H,1-2H3/b12-8+. The summed E-state index contributed by atoms with van der Waals surface area (Å²) in [6.07, 6.45) is 0. The normalized spacial score (nSPS) is 12.3.